The zero-order valence-corrected chi connectivity index (χ0v) is 15.2. The van der Waals surface area contributed by atoms with Gasteiger partial charge in [0.15, 0.2) is 0 Å². The van der Waals surface area contributed by atoms with Crippen LogP contribution in [0.3, 0.4) is 0 Å². The van der Waals surface area contributed by atoms with Crippen molar-refractivity contribution in [2.75, 3.05) is 7.11 Å². The zero-order chi connectivity index (χ0) is 18.2. The fraction of sp³-hybridized carbons (Fsp3) is 0.500. The number of carbonyl (C=O) groups excluding carboxylic acids is 2. The molecule has 1 N–H and O–H groups in total. The summed E-state index contributed by atoms with van der Waals surface area (Å²) in [6, 6.07) is 6.98. The first-order chi connectivity index (χ1) is 12.0. The van der Waals surface area contributed by atoms with Crippen molar-refractivity contribution in [3.05, 3.63) is 42.0 Å². The highest BCUT2D eigenvalue weighted by Crippen LogP contribution is 2.24. The van der Waals surface area contributed by atoms with Gasteiger partial charge in [0, 0.05) is 5.92 Å². The van der Waals surface area contributed by atoms with Crippen LogP contribution in [0, 0.1) is 5.92 Å². The van der Waals surface area contributed by atoms with E-state index in [4.69, 9.17) is 9.47 Å². The maximum Gasteiger partial charge on any atom is 0.308 e. The van der Waals surface area contributed by atoms with Crippen LogP contribution < -0.4 is 10.1 Å². The molecule has 5 nitrogen and oxygen atoms in total. The second kappa shape index (κ2) is 9.25. The Morgan fingerprint density at radius 1 is 1.20 bits per heavy atom. The van der Waals surface area contributed by atoms with Gasteiger partial charge in [0.25, 0.3) is 0 Å². The number of benzene rings is 1. The third-order valence-corrected chi connectivity index (χ3v) is 4.21. The number of methoxy groups -OCH3 is 1. The molecule has 0 spiro atoms. The molecule has 0 bridgehead atoms. The number of esters is 1. The van der Waals surface area contributed by atoms with Crippen molar-refractivity contribution in [2.45, 2.75) is 51.7 Å². The van der Waals surface area contributed by atoms with Crippen LogP contribution in [0.15, 0.2) is 36.4 Å². The Kier molecular flexibility index (Phi) is 7.04. The molecule has 0 aliphatic heterocycles. The molecule has 1 aliphatic carbocycles. The van der Waals surface area contributed by atoms with Crippen LogP contribution in [0.4, 0.5) is 0 Å². The van der Waals surface area contributed by atoms with E-state index in [1.54, 1.807) is 7.11 Å². The smallest absolute Gasteiger partial charge is 0.308 e. The topological polar surface area (TPSA) is 64.6 Å². The number of carbonyl (C=O) groups is 2. The quantitative estimate of drug-likeness (QED) is 0.606. The van der Waals surface area contributed by atoms with E-state index >= 15 is 0 Å². The van der Waals surface area contributed by atoms with Gasteiger partial charge < -0.3 is 14.8 Å². The highest BCUT2D eigenvalue weighted by atomic mass is 16.5. The third-order valence-electron chi connectivity index (χ3n) is 4.21. The summed E-state index contributed by atoms with van der Waals surface area (Å²) in [6.45, 7) is 3.63. The molecule has 1 aromatic rings. The summed E-state index contributed by atoms with van der Waals surface area (Å²) in [7, 11) is 1.60. The summed E-state index contributed by atoms with van der Waals surface area (Å²) in [5.74, 6) is 0.366. The van der Waals surface area contributed by atoms with Gasteiger partial charge in [-0.2, -0.15) is 0 Å². The van der Waals surface area contributed by atoms with E-state index in [9.17, 15) is 9.59 Å². The Balaban J connectivity index is 2.10. The summed E-state index contributed by atoms with van der Waals surface area (Å²) in [5.41, 5.74) is 0.862. The molecular weight excluding hydrogens is 318 g/mol. The summed E-state index contributed by atoms with van der Waals surface area (Å²) in [5, 5.41) is 3.03. The lowest BCUT2D eigenvalue weighted by Crippen LogP contribution is -2.35. The molecule has 1 amide bonds. The van der Waals surface area contributed by atoms with Gasteiger partial charge in [-0.25, -0.2) is 0 Å². The van der Waals surface area contributed by atoms with Gasteiger partial charge >= 0.3 is 5.97 Å². The monoisotopic (exact) mass is 345 g/mol. The highest BCUT2D eigenvalue weighted by Gasteiger charge is 2.25. The molecule has 2 rings (SSSR count). The molecule has 0 unspecified atom stereocenters. The van der Waals surface area contributed by atoms with Gasteiger partial charge in [-0.05, 0) is 50.8 Å². The number of nitrogens with one attached hydrogen (secondary N) is 1. The van der Waals surface area contributed by atoms with E-state index in [0.29, 0.717) is 0 Å². The minimum Gasteiger partial charge on any atom is -0.497 e. The first-order valence-corrected chi connectivity index (χ1v) is 8.78. The number of amides is 1. The second-order valence-electron chi connectivity index (χ2n) is 6.56. The number of ether oxygens (including phenoxy) is 2. The molecular formula is C20H27NO4. The number of allylic oxidation sites excluding steroid dienone is 2. The minimum atomic E-state index is -0.407. The molecule has 25 heavy (non-hydrogen) atoms. The van der Waals surface area contributed by atoms with Gasteiger partial charge in [0.05, 0.1) is 25.7 Å². The maximum absolute atomic E-state index is 12.6. The van der Waals surface area contributed by atoms with Crippen LogP contribution in [0.2, 0.25) is 0 Å². The largest absolute Gasteiger partial charge is 0.497 e. The SMILES string of the molecule is COc1ccc([C@H](CC(=O)OC(C)C)NC(=O)[C@H]2CC=CCC2)cc1. The third kappa shape index (κ3) is 5.93. The summed E-state index contributed by atoms with van der Waals surface area (Å²) < 4.78 is 10.4. The first kappa shape index (κ1) is 19.0. The van der Waals surface area contributed by atoms with Crippen LogP contribution in [-0.4, -0.2) is 25.1 Å². The van der Waals surface area contributed by atoms with Crippen LogP contribution in [0.1, 0.15) is 51.1 Å². The standard InChI is InChI=1S/C20H27NO4/c1-14(2)25-19(22)13-18(15-9-11-17(24-3)12-10-15)21-20(23)16-7-5-4-6-8-16/h4-5,9-12,14,16,18H,6-8,13H2,1-3H3,(H,21,23)/t16-,18-/m0/s1. The van der Waals surface area contributed by atoms with Crippen molar-refractivity contribution in [1.82, 2.24) is 5.32 Å². The van der Waals surface area contributed by atoms with Crippen molar-refractivity contribution in [2.24, 2.45) is 5.92 Å². The zero-order valence-electron chi connectivity index (χ0n) is 15.2. The average Bonchev–Trinajstić information content (AvgIpc) is 2.61. The lowest BCUT2D eigenvalue weighted by molar-refractivity contribution is -0.148. The van der Waals surface area contributed by atoms with E-state index in [1.165, 1.54) is 0 Å². The lowest BCUT2D eigenvalue weighted by atomic mass is 9.92. The lowest BCUT2D eigenvalue weighted by Gasteiger charge is -2.23. The van der Waals surface area contributed by atoms with Crippen LogP contribution in [0.25, 0.3) is 0 Å². The maximum atomic E-state index is 12.6. The molecule has 0 radical (unpaired) electrons. The molecule has 0 aromatic heterocycles. The van der Waals surface area contributed by atoms with Gasteiger partial charge in [0.2, 0.25) is 5.91 Å². The van der Waals surface area contributed by atoms with Gasteiger partial charge in [-0.15, -0.1) is 0 Å². The Hall–Kier alpha value is -2.30. The first-order valence-electron chi connectivity index (χ1n) is 8.78. The van der Waals surface area contributed by atoms with Gasteiger partial charge in [-0.3, -0.25) is 9.59 Å². The molecule has 5 heteroatoms. The van der Waals surface area contributed by atoms with E-state index in [2.05, 4.69) is 11.4 Å². The molecule has 0 heterocycles. The van der Waals surface area contributed by atoms with Crippen molar-refractivity contribution >= 4 is 11.9 Å². The van der Waals surface area contributed by atoms with E-state index in [1.807, 2.05) is 44.2 Å². The summed E-state index contributed by atoms with van der Waals surface area (Å²) in [6.07, 6.45) is 6.59. The van der Waals surface area contributed by atoms with E-state index in [0.717, 1.165) is 30.6 Å². The summed E-state index contributed by atoms with van der Waals surface area (Å²) in [4.78, 5) is 24.7. The van der Waals surface area contributed by atoms with Crippen LogP contribution in [0.5, 0.6) is 5.75 Å². The molecule has 0 saturated carbocycles. The molecule has 1 aromatic carbocycles. The Morgan fingerprint density at radius 2 is 1.92 bits per heavy atom. The predicted molar refractivity (Wildman–Crippen MR) is 96.2 cm³/mol. The number of rotatable bonds is 7. The van der Waals surface area contributed by atoms with Crippen LogP contribution in [-0.2, 0) is 14.3 Å². The minimum absolute atomic E-state index is 0.0116. The predicted octanol–water partition coefficient (Wildman–Crippen LogP) is 3.55. The fourth-order valence-electron chi connectivity index (χ4n) is 2.89. The number of hydrogen-bond acceptors (Lipinski definition) is 4. The van der Waals surface area contributed by atoms with Gasteiger partial charge in [0.1, 0.15) is 5.75 Å². The highest BCUT2D eigenvalue weighted by molar-refractivity contribution is 5.80. The van der Waals surface area contributed by atoms with Crippen molar-refractivity contribution < 1.29 is 19.1 Å². The second-order valence-corrected chi connectivity index (χ2v) is 6.56. The van der Waals surface area contributed by atoms with Crippen molar-refractivity contribution in [3.63, 3.8) is 0 Å². The van der Waals surface area contributed by atoms with E-state index < -0.39 is 6.04 Å². The van der Waals surface area contributed by atoms with Crippen LogP contribution >= 0.6 is 0 Å². The molecule has 136 valence electrons. The molecule has 2 atom stereocenters. The normalized spacial score (nSPS) is 17.8. The number of hydrogen-bond donors (Lipinski definition) is 1. The Morgan fingerprint density at radius 3 is 2.48 bits per heavy atom. The summed E-state index contributed by atoms with van der Waals surface area (Å²) >= 11 is 0. The fourth-order valence-corrected chi connectivity index (χ4v) is 2.89. The Labute approximate surface area is 149 Å². The Bertz CT molecular complexity index is 607. The average molecular weight is 345 g/mol. The van der Waals surface area contributed by atoms with Gasteiger partial charge in [-0.1, -0.05) is 24.3 Å². The molecule has 0 saturated heterocycles. The van der Waals surface area contributed by atoms with E-state index in [-0.39, 0.29) is 30.3 Å². The van der Waals surface area contributed by atoms with Crippen molar-refractivity contribution in [3.8, 4) is 5.75 Å². The molecule has 1 aliphatic rings. The van der Waals surface area contributed by atoms with Crippen molar-refractivity contribution in [1.29, 1.82) is 0 Å². The molecule has 0 fully saturated rings.